The molecule has 0 aliphatic carbocycles. The van der Waals surface area contributed by atoms with Crippen LogP contribution in [0.4, 0.5) is 0 Å². The van der Waals surface area contributed by atoms with Gasteiger partial charge in [0.1, 0.15) is 11.5 Å². The number of benzene rings is 6. The summed E-state index contributed by atoms with van der Waals surface area (Å²) in [6, 6.07) is 47.8. The lowest BCUT2D eigenvalue weighted by Crippen LogP contribution is -2.06. The summed E-state index contributed by atoms with van der Waals surface area (Å²) in [4.78, 5) is 15.2. The van der Waals surface area contributed by atoms with Crippen LogP contribution in [0, 0.1) is 0 Å². The number of nitrogens with zero attached hydrogens (tertiary/aromatic N) is 5. The summed E-state index contributed by atoms with van der Waals surface area (Å²) in [7, 11) is 3.32. The molecule has 0 atom stereocenters. The standard InChI is InChI=1S/C41H29N5O2/c1-47-29-20-16-26(17-21-29)39-42-40(27-18-22-30(48-2)23-19-27)44-41(43-39)46-36-15-9-7-13-32(36)34-24-37-33(25-38(34)46)31-12-6-8-14-35(31)45(37)28-10-4-3-5-11-28/h3-25H,1-2H3. The topological polar surface area (TPSA) is 67.0 Å². The second-order valence-electron chi connectivity index (χ2n) is 11.7. The highest BCUT2D eigenvalue weighted by molar-refractivity contribution is 6.18. The summed E-state index contributed by atoms with van der Waals surface area (Å²) < 4.78 is 15.4. The highest BCUT2D eigenvalue weighted by Gasteiger charge is 2.21. The first-order chi connectivity index (χ1) is 23.7. The van der Waals surface area contributed by atoms with E-state index in [1.807, 2.05) is 48.5 Å². The molecule has 0 spiro atoms. The molecule has 0 N–H and O–H groups in total. The van der Waals surface area contributed by atoms with Gasteiger partial charge >= 0.3 is 0 Å². The summed E-state index contributed by atoms with van der Waals surface area (Å²) in [5, 5.41) is 4.58. The average Bonchev–Trinajstić information content (AvgIpc) is 3.66. The second-order valence-corrected chi connectivity index (χ2v) is 11.7. The normalized spacial score (nSPS) is 11.5. The average molecular weight is 624 g/mol. The molecule has 0 saturated carbocycles. The van der Waals surface area contributed by atoms with Crippen LogP contribution < -0.4 is 9.47 Å². The van der Waals surface area contributed by atoms with Crippen LogP contribution in [0.15, 0.2) is 140 Å². The number of para-hydroxylation sites is 3. The zero-order chi connectivity index (χ0) is 32.2. The van der Waals surface area contributed by atoms with Gasteiger partial charge in [0.2, 0.25) is 5.95 Å². The summed E-state index contributed by atoms with van der Waals surface area (Å²) in [5.74, 6) is 3.22. The van der Waals surface area contributed by atoms with Crippen LogP contribution in [0.25, 0.3) is 78.0 Å². The van der Waals surface area contributed by atoms with Crippen molar-refractivity contribution < 1.29 is 9.47 Å². The molecule has 0 fully saturated rings. The summed E-state index contributed by atoms with van der Waals surface area (Å²) >= 11 is 0. The van der Waals surface area contributed by atoms with Crippen LogP contribution in [0.3, 0.4) is 0 Å². The molecule has 7 nitrogen and oxygen atoms in total. The molecular formula is C41H29N5O2. The molecule has 48 heavy (non-hydrogen) atoms. The maximum atomic E-state index is 5.42. The SMILES string of the molecule is COc1ccc(-c2nc(-c3ccc(OC)cc3)nc(-n3c4ccccc4c4cc5c(cc43)c3ccccc3n5-c3ccccc3)n2)cc1. The molecule has 230 valence electrons. The van der Waals surface area contributed by atoms with Crippen LogP contribution in [-0.4, -0.2) is 38.3 Å². The first-order valence-corrected chi connectivity index (χ1v) is 15.8. The molecule has 6 aromatic carbocycles. The van der Waals surface area contributed by atoms with Crippen molar-refractivity contribution in [3.8, 4) is 45.9 Å². The molecule has 7 heteroatoms. The van der Waals surface area contributed by atoms with E-state index in [1.54, 1.807) is 14.2 Å². The van der Waals surface area contributed by atoms with Gasteiger partial charge in [-0.15, -0.1) is 0 Å². The fourth-order valence-corrected chi connectivity index (χ4v) is 6.70. The van der Waals surface area contributed by atoms with Crippen molar-refractivity contribution in [1.29, 1.82) is 0 Å². The Morgan fingerprint density at radius 1 is 0.417 bits per heavy atom. The minimum absolute atomic E-state index is 0.541. The van der Waals surface area contributed by atoms with Crippen molar-refractivity contribution in [3.05, 3.63) is 140 Å². The third kappa shape index (κ3) is 4.40. The Hall–Kier alpha value is -6.47. The van der Waals surface area contributed by atoms with Crippen LogP contribution in [0.5, 0.6) is 11.5 Å². The molecule has 3 aromatic heterocycles. The molecule has 0 saturated heterocycles. The largest absolute Gasteiger partial charge is 0.497 e. The first-order valence-electron chi connectivity index (χ1n) is 15.8. The van der Waals surface area contributed by atoms with Crippen molar-refractivity contribution in [2.24, 2.45) is 0 Å². The Morgan fingerprint density at radius 3 is 1.40 bits per heavy atom. The molecule has 0 aliphatic rings. The number of ether oxygens (including phenoxy) is 2. The van der Waals surface area contributed by atoms with Crippen LogP contribution in [-0.2, 0) is 0 Å². The molecule has 0 bridgehead atoms. The molecule has 9 aromatic rings. The van der Waals surface area contributed by atoms with Gasteiger partial charge in [0.15, 0.2) is 11.6 Å². The summed E-state index contributed by atoms with van der Waals surface area (Å²) in [5.41, 5.74) is 7.19. The lowest BCUT2D eigenvalue weighted by atomic mass is 10.1. The Labute approximate surface area is 276 Å². The third-order valence-electron chi connectivity index (χ3n) is 9.00. The van der Waals surface area contributed by atoms with Gasteiger partial charge in [-0.1, -0.05) is 54.6 Å². The van der Waals surface area contributed by atoms with Crippen LogP contribution in [0.1, 0.15) is 0 Å². The zero-order valence-electron chi connectivity index (χ0n) is 26.3. The number of hydrogen-bond donors (Lipinski definition) is 0. The van der Waals surface area contributed by atoms with Crippen LogP contribution >= 0.6 is 0 Å². The second kappa shape index (κ2) is 11.1. The van der Waals surface area contributed by atoms with Gasteiger partial charge in [0, 0.05) is 38.4 Å². The lowest BCUT2D eigenvalue weighted by molar-refractivity contribution is 0.415. The lowest BCUT2D eigenvalue weighted by Gasteiger charge is -2.11. The Kier molecular flexibility index (Phi) is 6.43. The molecule has 9 rings (SSSR count). The van der Waals surface area contributed by atoms with E-state index in [1.165, 1.54) is 5.39 Å². The molecular weight excluding hydrogens is 594 g/mol. The minimum Gasteiger partial charge on any atom is -0.497 e. The van der Waals surface area contributed by atoms with Crippen molar-refractivity contribution in [2.75, 3.05) is 14.2 Å². The number of methoxy groups -OCH3 is 2. The Balaban J connectivity index is 1.36. The van der Waals surface area contributed by atoms with E-state index in [9.17, 15) is 0 Å². The minimum atomic E-state index is 0.541. The molecule has 0 unspecified atom stereocenters. The van der Waals surface area contributed by atoms with Gasteiger partial charge in [0.05, 0.1) is 36.3 Å². The monoisotopic (exact) mass is 623 g/mol. The zero-order valence-corrected chi connectivity index (χ0v) is 26.3. The highest BCUT2D eigenvalue weighted by Crippen LogP contribution is 2.39. The van der Waals surface area contributed by atoms with Crippen LogP contribution in [0.2, 0.25) is 0 Å². The van der Waals surface area contributed by atoms with E-state index in [4.69, 9.17) is 24.4 Å². The summed E-state index contributed by atoms with van der Waals surface area (Å²) in [6.45, 7) is 0. The van der Waals surface area contributed by atoms with Crippen molar-refractivity contribution in [3.63, 3.8) is 0 Å². The number of aromatic nitrogens is 5. The van der Waals surface area contributed by atoms with Gasteiger partial charge in [-0.2, -0.15) is 9.97 Å². The van der Waals surface area contributed by atoms with Gasteiger partial charge < -0.3 is 14.0 Å². The third-order valence-corrected chi connectivity index (χ3v) is 9.00. The van der Waals surface area contributed by atoms with Crippen molar-refractivity contribution in [2.45, 2.75) is 0 Å². The number of fused-ring (bicyclic) bond motifs is 6. The highest BCUT2D eigenvalue weighted by atomic mass is 16.5. The van der Waals surface area contributed by atoms with Crippen molar-refractivity contribution >= 4 is 43.6 Å². The quantitative estimate of drug-likeness (QED) is 0.185. The Bertz CT molecular complexity index is 2560. The molecule has 0 radical (unpaired) electrons. The maximum absolute atomic E-state index is 5.42. The number of hydrogen-bond acceptors (Lipinski definition) is 5. The fraction of sp³-hybridized carbons (Fsp3) is 0.0488. The predicted octanol–water partition coefficient (Wildman–Crippen LogP) is 9.42. The van der Waals surface area contributed by atoms with E-state index >= 15 is 0 Å². The molecule has 0 amide bonds. The molecule has 0 aliphatic heterocycles. The van der Waals surface area contributed by atoms with Gasteiger partial charge in [-0.3, -0.25) is 4.57 Å². The Morgan fingerprint density at radius 2 is 0.875 bits per heavy atom. The van der Waals surface area contributed by atoms with Gasteiger partial charge in [-0.25, -0.2) is 4.98 Å². The van der Waals surface area contributed by atoms with Gasteiger partial charge in [0.25, 0.3) is 0 Å². The first kappa shape index (κ1) is 27.8. The van der Waals surface area contributed by atoms with E-state index in [0.29, 0.717) is 17.6 Å². The van der Waals surface area contributed by atoms with E-state index in [2.05, 4.69) is 100 Å². The van der Waals surface area contributed by atoms with E-state index < -0.39 is 0 Å². The number of rotatable bonds is 6. The van der Waals surface area contributed by atoms with E-state index in [0.717, 1.165) is 66.5 Å². The maximum Gasteiger partial charge on any atom is 0.238 e. The smallest absolute Gasteiger partial charge is 0.238 e. The molecule has 3 heterocycles. The van der Waals surface area contributed by atoms with Gasteiger partial charge in [-0.05, 0) is 84.9 Å². The van der Waals surface area contributed by atoms with E-state index in [-0.39, 0.29) is 0 Å². The fourth-order valence-electron chi connectivity index (χ4n) is 6.70. The summed E-state index contributed by atoms with van der Waals surface area (Å²) in [6.07, 6.45) is 0. The predicted molar refractivity (Wildman–Crippen MR) is 192 cm³/mol. The van der Waals surface area contributed by atoms with Crippen molar-refractivity contribution in [1.82, 2.24) is 24.1 Å².